The van der Waals surface area contributed by atoms with Crippen LogP contribution in [0.3, 0.4) is 0 Å². The molecule has 4 heterocycles. The van der Waals surface area contributed by atoms with Gasteiger partial charge >= 0.3 is 0 Å². The van der Waals surface area contributed by atoms with Crippen molar-refractivity contribution in [2.75, 3.05) is 31.1 Å². The van der Waals surface area contributed by atoms with Gasteiger partial charge in [0.05, 0.1) is 0 Å². The van der Waals surface area contributed by atoms with Gasteiger partial charge in [-0.1, -0.05) is 12.8 Å². The second-order valence-electron chi connectivity index (χ2n) is 6.96. The van der Waals surface area contributed by atoms with E-state index in [-0.39, 0.29) is 0 Å². The quantitative estimate of drug-likeness (QED) is 0.724. The van der Waals surface area contributed by atoms with Crippen LogP contribution in [0.2, 0.25) is 0 Å². The number of thiophene rings is 1. The summed E-state index contributed by atoms with van der Waals surface area (Å²) in [4.78, 5) is 5.07. The predicted octanol–water partition coefficient (Wildman–Crippen LogP) is 2.92. The highest BCUT2D eigenvalue weighted by Crippen LogP contribution is 2.26. The summed E-state index contributed by atoms with van der Waals surface area (Å²) in [6, 6.07) is 6.98. The first kappa shape index (κ1) is 15.3. The first-order valence-corrected chi connectivity index (χ1v) is 10.1. The molecule has 0 spiro atoms. The third kappa shape index (κ3) is 2.81. The molecule has 6 nitrogen and oxygen atoms in total. The van der Waals surface area contributed by atoms with E-state index in [9.17, 15) is 0 Å². The molecule has 0 amide bonds. The highest BCUT2D eigenvalue weighted by molar-refractivity contribution is 7.08. The largest absolute Gasteiger partial charge is 0.353 e. The minimum Gasteiger partial charge on any atom is -0.353 e. The number of piperazine rings is 1. The monoisotopic (exact) mass is 354 g/mol. The summed E-state index contributed by atoms with van der Waals surface area (Å²) in [5.74, 6) is 1.84. The Labute approximate surface area is 151 Å². The van der Waals surface area contributed by atoms with Crippen LogP contribution >= 0.6 is 11.3 Å². The Hall–Kier alpha value is -1.99. The minimum atomic E-state index is 0.801. The minimum absolute atomic E-state index is 0.801. The molecule has 0 aromatic carbocycles. The Kier molecular flexibility index (Phi) is 3.90. The van der Waals surface area contributed by atoms with Crippen LogP contribution in [0.5, 0.6) is 0 Å². The Balaban J connectivity index is 1.37. The molecule has 25 heavy (non-hydrogen) atoms. The molecule has 0 unspecified atom stereocenters. The summed E-state index contributed by atoms with van der Waals surface area (Å²) in [5, 5.41) is 17.6. The van der Waals surface area contributed by atoms with Crippen molar-refractivity contribution in [2.24, 2.45) is 0 Å². The standard InChI is InChI=1S/C18H22N6S/c1-2-4-15(3-1)22-8-10-23(11-9-22)17-6-5-16-19-20-18(24(16)21-17)14-7-12-25-13-14/h5-7,12-13,15H,1-4,8-11H2. The molecule has 3 aromatic heterocycles. The van der Waals surface area contributed by atoms with Crippen molar-refractivity contribution in [3.63, 3.8) is 0 Å². The van der Waals surface area contributed by atoms with Crippen LogP contribution in [0.25, 0.3) is 17.0 Å². The topological polar surface area (TPSA) is 49.6 Å². The van der Waals surface area contributed by atoms with Gasteiger partial charge in [0.25, 0.3) is 0 Å². The van der Waals surface area contributed by atoms with E-state index >= 15 is 0 Å². The van der Waals surface area contributed by atoms with Gasteiger partial charge in [-0.05, 0) is 36.4 Å². The maximum Gasteiger partial charge on any atom is 0.186 e. The third-order valence-corrected chi connectivity index (χ3v) is 6.19. The molecular weight excluding hydrogens is 332 g/mol. The van der Waals surface area contributed by atoms with Crippen LogP contribution < -0.4 is 4.90 Å². The second-order valence-corrected chi connectivity index (χ2v) is 7.74. The Morgan fingerprint density at radius 2 is 1.80 bits per heavy atom. The Bertz CT molecular complexity index is 844. The number of nitrogens with zero attached hydrogens (tertiary/aromatic N) is 6. The molecule has 1 saturated carbocycles. The van der Waals surface area contributed by atoms with Crippen LogP contribution in [0.1, 0.15) is 25.7 Å². The van der Waals surface area contributed by atoms with E-state index in [0.29, 0.717) is 0 Å². The fraction of sp³-hybridized carbons (Fsp3) is 0.500. The van der Waals surface area contributed by atoms with E-state index in [1.54, 1.807) is 11.3 Å². The number of rotatable bonds is 3. The highest BCUT2D eigenvalue weighted by atomic mass is 32.1. The van der Waals surface area contributed by atoms with Gasteiger partial charge in [-0.15, -0.1) is 15.3 Å². The van der Waals surface area contributed by atoms with Gasteiger partial charge in [-0.25, -0.2) is 0 Å². The zero-order chi connectivity index (χ0) is 16.6. The van der Waals surface area contributed by atoms with Crippen LogP contribution in [0, 0.1) is 0 Å². The second kappa shape index (κ2) is 6.38. The van der Waals surface area contributed by atoms with E-state index in [0.717, 1.165) is 55.1 Å². The summed E-state index contributed by atoms with van der Waals surface area (Å²) in [6.07, 6.45) is 5.58. The van der Waals surface area contributed by atoms with Crippen LogP contribution in [0.15, 0.2) is 29.0 Å². The Morgan fingerprint density at radius 3 is 2.56 bits per heavy atom. The van der Waals surface area contributed by atoms with Crippen LogP contribution in [-0.2, 0) is 0 Å². The van der Waals surface area contributed by atoms with E-state index in [1.807, 2.05) is 10.6 Å². The van der Waals surface area contributed by atoms with Crippen molar-refractivity contribution in [1.82, 2.24) is 24.7 Å². The number of hydrogen-bond acceptors (Lipinski definition) is 6. The molecule has 7 heteroatoms. The molecule has 1 aliphatic heterocycles. The van der Waals surface area contributed by atoms with E-state index in [1.165, 1.54) is 25.7 Å². The lowest BCUT2D eigenvalue weighted by Gasteiger charge is -2.38. The molecule has 1 aliphatic carbocycles. The third-order valence-electron chi connectivity index (χ3n) is 5.51. The van der Waals surface area contributed by atoms with Gasteiger partial charge in [0.2, 0.25) is 0 Å². The number of fused-ring (bicyclic) bond motifs is 1. The molecule has 0 N–H and O–H groups in total. The summed E-state index contributed by atoms with van der Waals surface area (Å²) < 4.78 is 1.88. The molecule has 130 valence electrons. The smallest absolute Gasteiger partial charge is 0.186 e. The SMILES string of the molecule is c1cc(-c2nnc3ccc(N4CCN(C5CCCC5)CC4)nn23)cs1. The summed E-state index contributed by atoms with van der Waals surface area (Å²) in [7, 11) is 0. The lowest BCUT2D eigenvalue weighted by Crippen LogP contribution is -2.50. The van der Waals surface area contributed by atoms with Crippen LogP contribution in [0.4, 0.5) is 5.82 Å². The molecule has 1 saturated heterocycles. The van der Waals surface area contributed by atoms with Gasteiger partial charge in [0, 0.05) is 43.2 Å². The van der Waals surface area contributed by atoms with E-state index in [2.05, 4.69) is 42.9 Å². The van der Waals surface area contributed by atoms with Crippen molar-refractivity contribution in [3.05, 3.63) is 29.0 Å². The first-order valence-electron chi connectivity index (χ1n) is 9.12. The van der Waals surface area contributed by atoms with Gasteiger partial charge in [-0.2, -0.15) is 15.9 Å². The van der Waals surface area contributed by atoms with Crippen molar-refractivity contribution >= 4 is 22.8 Å². The molecular formula is C18H22N6S. The number of aromatic nitrogens is 4. The number of anilines is 1. The molecule has 2 aliphatic rings. The van der Waals surface area contributed by atoms with Crippen LogP contribution in [-0.4, -0.2) is 56.9 Å². The fourth-order valence-electron chi connectivity index (χ4n) is 4.11. The van der Waals surface area contributed by atoms with Gasteiger partial charge in [0.15, 0.2) is 11.5 Å². The fourth-order valence-corrected chi connectivity index (χ4v) is 4.74. The van der Waals surface area contributed by atoms with Crippen molar-refractivity contribution < 1.29 is 0 Å². The maximum atomic E-state index is 4.84. The average molecular weight is 354 g/mol. The summed E-state index contributed by atoms with van der Waals surface area (Å²) in [5.41, 5.74) is 1.88. The van der Waals surface area contributed by atoms with E-state index < -0.39 is 0 Å². The highest BCUT2D eigenvalue weighted by Gasteiger charge is 2.26. The molecule has 2 fully saturated rings. The molecule has 0 bridgehead atoms. The van der Waals surface area contributed by atoms with Crippen molar-refractivity contribution in [1.29, 1.82) is 0 Å². The molecule has 0 radical (unpaired) electrons. The van der Waals surface area contributed by atoms with Crippen molar-refractivity contribution in [3.8, 4) is 11.4 Å². The summed E-state index contributed by atoms with van der Waals surface area (Å²) in [6.45, 7) is 4.38. The van der Waals surface area contributed by atoms with Gasteiger partial charge in [0.1, 0.15) is 5.82 Å². The van der Waals surface area contributed by atoms with Gasteiger partial charge < -0.3 is 4.90 Å². The zero-order valence-corrected chi connectivity index (χ0v) is 15.0. The zero-order valence-electron chi connectivity index (χ0n) is 14.2. The molecule has 0 atom stereocenters. The number of hydrogen-bond donors (Lipinski definition) is 0. The maximum absolute atomic E-state index is 4.84. The van der Waals surface area contributed by atoms with Gasteiger partial charge in [-0.3, -0.25) is 4.90 Å². The lowest BCUT2D eigenvalue weighted by molar-refractivity contribution is 0.187. The Morgan fingerprint density at radius 1 is 0.960 bits per heavy atom. The summed E-state index contributed by atoms with van der Waals surface area (Å²) >= 11 is 1.67. The normalized spacial score (nSPS) is 19.9. The predicted molar refractivity (Wildman–Crippen MR) is 100 cm³/mol. The first-order chi connectivity index (χ1) is 12.4. The molecule has 5 rings (SSSR count). The average Bonchev–Trinajstić information content (AvgIpc) is 3.41. The van der Waals surface area contributed by atoms with Crippen molar-refractivity contribution in [2.45, 2.75) is 31.7 Å². The molecule has 3 aromatic rings. The van der Waals surface area contributed by atoms with E-state index in [4.69, 9.17) is 5.10 Å². The lowest BCUT2D eigenvalue weighted by atomic mass is 10.2.